The molecular weight excluding hydrogens is 370 g/mol. The Kier molecular flexibility index (Phi) is 6.68. The molecule has 0 aromatic heterocycles. The number of nitrogens with one attached hydrogen (secondary N) is 1. The van der Waals surface area contributed by atoms with Gasteiger partial charge in [-0.2, -0.15) is 0 Å². The van der Waals surface area contributed by atoms with Crippen molar-refractivity contribution in [3.63, 3.8) is 0 Å². The van der Waals surface area contributed by atoms with Gasteiger partial charge < -0.3 is 19.5 Å². The Hall–Kier alpha value is -2.57. The number of carbonyl (C=O) groups excluding carboxylic acids is 2. The molecule has 1 N–H and O–H groups in total. The predicted molar refractivity (Wildman–Crippen MR) is 101 cm³/mol. The molecule has 27 heavy (non-hydrogen) atoms. The lowest BCUT2D eigenvalue weighted by atomic mass is 10.2. The van der Waals surface area contributed by atoms with Gasteiger partial charge in [-0.1, -0.05) is 17.7 Å². The minimum atomic E-state index is -0.582. The largest absolute Gasteiger partial charge is 0.491 e. The zero-order valence-electron chi connectivity index (χ0n) is 14.7. The number of ether oxygens (including phenoxy) is 3. The maximum atomic E-state index is 12.0. The molecule has 3 rings (SSSR count). The first kappa shape index (κ1) is 19.2. The summed E-state index contributed by atoms with van der Waals surface area (Å²) < 4.78 is 16.2. The lowest BCUT2D eigenvalue weighted by molar-refractivity contribution is -0.119. The van der Waals surface area contributed by atoms with Crippen molar-refractivity contribution in [2.75, 3.05) is 25.1 Å². The number of carbonyl (C=O) groups is 2. The van der Waals surface area contributed by atoms with Crippen LogP contribution in [0.5, 0.6) is 5.75 Å². The fourth-order valence-electron chi connectivity index (χ4n) is 2.63. The third-order valence-electron chi connectivity index (χ3n) is 3.99. The van der Waals surface area contributed by atoms with Crippen molar-refractivity contribution < 1.29 is 23.8 Å². The van der Waals surface area contributed by atoms with E-state index < -0.39 is 11.9 Å². The van der Waals surface area contributed by atoms with E-state index in [1.165, 1.54) is 0 Å². The first-order valence-electron chi connectivity index (χ1n) is 8.67. The van der Waals surface area contributed by atoms with Crippen molar-refractivity contribution in [2.45, 2.75) is 18.9 Å². The number of hydrogen-bond acceptors (Lipinski definition) is 5. The van der Waals surface area contributed by atoms with Crippen LogP contribution >= 0.6 is 11.6 Å². The van der Waals surface area contributed by atoms with E-state index in [-0.39, 0.29) is 12.7 Å². The summed E-state index contributed by atoms with van der Waals surface area (Å²) in [7, 11) is 0. The van der Waals surface area contributed by atoms with Gasteiger partial charge in [-0.05, 0) is 55.3 Å². The van der Waals surface area contributed by atoms with Gasteiger partial charge in [-0.3, -0.25) is 4.79 Å². The fraction of sp³-hybridized carbons (Fsp3) is 0.300. The molecule has 1 fully saturated rings. The van der Waals surface area contributed by atoms with Crippen LogP contribution in [0.1, 0.15) is 23.2 Å². The van der Waals surface area contributed by atoms with E-state index in [2.05, 4.69) is 5.32 Å². The normalized spacial score (nSPS) is 16.0. The molecule has 1 saturated heterocycles. The van der Waals surface area contributed by atoms with Crippen molar-refractivity contribution in [3.05, 3.63) is 59.1 Å². The Bertz CT molecular complexity index is 787. The van der Waals surface area contributed by atoms with Crippen LogP contribution in [0.4, 0.5) is 5.69 Å². The summed E-state index contributed by atoms with van der Waals surface area (Å²) in [4.78, 5) is 23.9. The zero-order valence-corrected chi connectivity index (χ0v) is 15.4. The monoisotopic (exact) mass is 389 g/mol. The lowest BCUT2D eigenvalue weighted by Crippen LogP contribution is -2.21. The highest BCUT2D eigenvalue weighted by atomic mass is 35.5. The van der Waals surface area contributed by atoms with Gasteiger partial charge in [0.2, 0.25) is 0 Å². The number of benzene rings is 2. The highest BCUT2D eigenvalue weighted by molar-refractivity contribution is 6.30. The molecule has 1 atom stereocenters. The lowest BCUT2D eigenvalue weighted by Gasteiger charge is -2.11. The molecule has 0 bridgehead atoms. The summed E-state index contributed by atoms with van der Waals surface area (Å²) >= 11 is 5.85. The molecule has 1 aliphatic rings. The van der Waals surface area contributed by atoms with E-state index in [1.807, 2.05) is 0 Å². The first-order chi connectivity index (χ1) is 13.1. The molecule has 0 spiro atoms. The van der Waals surface area contributed by atoms with Crippen LogP contribution in [0.3, 0.4) is 0 Å². The van der Waals surface area contributed by atoms with Crippen LogP contribution in [-0.2, 0) is 14.3 Å². The summed E-state index contributed by atoms with van der Waals surface area (Å²) in [6.45, 7) is 0.889. The average Bonchev–Trinajstić information content (AvgIpc) is 3.18. The molecule has 1 aliphatic heterocycles. The van der Waals surface area contributed by atoms with Crippen LogP contribution in [-0.4, -0.2) is 37.8 Å². The molecule has 6 nitrogen and oxygen atoms in total. The van der Waals surface area contributed by atoms with Crippen molar-refractivity contribution >= 4 is 29.2 Å². The van der Waals surface area contributed by atoms with Crippen LogP contribution in [0.25, 0.3) is 0 Å². The van der Waals surface area contributed by atoms with Gasteiger partial charge in [0.15, 0.2) is 6.61 Å². The third-order valence-corrected chi connectivity index (χ3v) is 4.23. The SMILES string of the molecule is O=C(COC(=O)c1ccc(OC[C@@H]2CCCO2)cc1)Nc1cccc(Cl)c1. The Morgan fingerprint density at radius 1 is 1.19 bits per heavy atom. The predicted octanol–water partition coefficient (Wildman–Crippen LogP) is 3.69. The minimum Gasteiger partial charge on any atom is -0.491 e. The highest BCUT2D eigenvalue weighted by Gasteiger charge is 2.16. The van der Waals surface area contributed by atoms with Gasteiger partial charge in [0.05, 0.1) is 11.7 Å². The van der Waals surface area contributed by atoms with Gasteiger partial charge in [0.1, 0.15) is 12.4 Å². The highest BCUT2D eigenvalue weighted by Crippen LogP contribution is 2.17. The summed E-state index contributed by atoms with van der Waals surface area (Å²) in [5, 5.41) is 3.12. The summed E-state index contributed by atoms with van der Waals surface area (Å²) in [5.41, 5.74) is 0.881. The molecule has 0 saturated carbocycles. The van der Waals surface area contributed by atoms with Gasteiger partial charge in [0.25, 0.3) is 5.91 Å². The molecule has 0 aliphatic carbocycles. The smallest absolute Gasteiger partial charge is 0.338 e. The van der Waals surface area contributed by atoms with Crippen molar-refractivity contribution in [2.24, 2.45) is 0 Å². The Balaban J connectivity index is 1.43. The minimum absolute atomic E-state index is 0.132. The summed E-state index contributed by atoms with van der Waals surface area (Å²) in [6, 6.07) is 13.3. The quantitative estimate of drug-likeness (QED) is 0.731. The number of esters is 1. The van der Waals surface area contributed by atoms with E-state index in [9.17, 15) is 9.59 Å². The fourth-order valence-corrected chi connectivity index (χ4v) is 2.82. The van der Waals surface area contributed by atoms with Gasteiger partial charge in [0, 0.05) is 17.3 Å². The number of hydrogen-bond donors (Lipinski definition) is 1. The van der Waals surface area contributed by atoms with Crippen LogP contribution in [0.2, 0.25) is 5.02 Å². The van der Waals surface area contributed by atoms with Crippen LogP contribution < -0.4 is 10.1 Å². The Morgan fingerprint density at radius 2 is 2.00 bits per heavy atom. The second-order valence-corrected chi connectivity index (χ2v) is 6.54. The molecule has 2 aromatic rings. The maximum Gasteiger partial charge on any atom is 0.338 e. The molecule has 1 amide bonds. The average molecular weight is 390 g/mol. The van der Waals surface area contributed by atoms with Crippen molar-refractivity contribution in [3.8, 4) is 5.75 Å². The van der Waals surface area contributed by atoms with Crippen molar-refractivity contribution in [1.29, 1.82) is 0 Å². The van der Waals surface area contributed by atoms with Crippen LogP contribution in [0, 0.1) is 0 Å². The van der Waals surface area contributed by atoms with Gasteiger partial charge in [-0.15, -0.1) is 0 Å². The molecule has 7 heteroatoms. The van der Waals surface area contributed by atoms with E-state index in [1.54, 1.807) is 48.5 Å². The topological polar surface area (TPSA) is 73.9 Å². The van der Waals surface area contributed by atoms with Gasteiger partial charge in [-0.25, -0.2) is 4.79 Å². The van der Waals surface area contributed by atoms with E-state index in [0.29, 0.717) is 28.6 Å². The second kappa shape index (κ2) is 9.39. The summed E-state index contributed by atoms with van der Waals surface area (Å²) in [5.74, 6) is -0.371. The number of rotatable bonds is 7. The number of halogens is 1. The van der Waals surface area contributed by atoms with E-state index in [4.69, 9.17) is 25.8 Å². The number of anilines is 1. The van der Waals surface area contributed by atoms with Crippen LogP contribution in [0.15, 0.2) is 48.5 Å². The zero-order chi connectivity index (χ0) is 19.1. The first-order valence-corrected chi connectivity index (χ1v) is 9.05. The molecule has 142 valence electrons. The van der Waals surface area contributed by atoms with E-state index >= 15 is 0 Å². The molecular formula is C20H20ClNO5. The maximum absolute atomic E-state index is 12.0. The Morgan fingerprint density at radius 3 is 2.70 bits per heavy atom. The standard InChI is InChI=1S/C20H20ClNO5/c21-15-3-1-4-16(11-15)22-19(23)13-27-20(24)14-6-8-17(9-7-14)26-12-18-5-2-10-25-18/h1,3-4,6-9,11,18H,2,5,10,12-13H2,(H,22,23)/t18-/m0/s1. The number of amides is 1. The Labute approximate surface area is 162 Å². The molecule has 0 unspecified atom stereocenters. The third kappa shape index (κ3) is 5.98. The van der Waals surface area contributed by atoms with Gasteiger partial charge >= 0.3 is 5.97 Å². The molecule has 1 heterocycles. The van der Waals surface area contributed by atoms with E-state index in [0.717, 1.165) is 19.4 Å². The molecule has 2 aromatic carbocycles. The summed E-state index contributed by atoms with van der Waals surface area (Å²) in [6.07, 6.45) is 2.19. The molecule has 0 radical (unpaired) electrons. The van der Waals surface area contributed by atoms with Crippen molar-refractivity contribution in [1.82, 2.24) is 0 Å². The second-order valence-electron chi connectivity index (χ2n) is 6.11.